The number of Topliss-reactive ketones (excluding diaryl/α,β-unsaturated/α-hetero) is 4. The molecule has 8 amide bonds. The highest BCUT2D eigenvalue weighted by molar-refractivity contribution is 6.04. The zero-order valence-electron chi connectivity index (χ0n) is 71.4. The maximum atomic E-state index is 15.6. The average molecular weight is 1730 g/mol. The molecule has 10 atom stereocenters. The molecule has 30 heteroatoms. The van der Waals surface area contributed by atoms with Crippen LogP contribution in [0.1, 0.15) is 223 Å². The van der Waals surface area contributed by atoms with Crippen LogP contribution in [0.2, 0.25) is 0 Å². The van der Waals surface area contributed by atoms with Crippen molar-refractivity contribution in [2.45, 2.75) is 235 Å². The van der Waals surface area contributed by atoms with Crippen LogP contribution < -0.4 is 47.7 Å². The molecule has 668 valence electrons. The van der Waals surface area contributed by atoms with Crippen molar-refractivity contribution in [2.75, 3.05) is 6.61 Å². The van der Waals surface area contributed by atoms with Gasteiger partial charge in [-0.05, 0) is 182 Å². The molecular formula is C96H113N9O21. The Morgan fingerprint density at radius 2 is 1.27 bits per heavy atom. The summed E-state index contributed by atoms with van der Waals surface area (Å²) in [6.45, 7) is 4.73. The van der Waals surface area contributed by atoms with E-state index >= 15 is 28.8 Å². The van der Waals surface area contributed by atoms with Gasteiger partial charge in [0.25, 0.3) is 0 Å². The molecule has 4 aliphatic rings. The molecule has 30 nitrogen and oxygen atoms in total. The Morgan fingerprint density at radius 3 is 1.94 bits per heavy atom. The number of aliphatic hydroxyl groups excluding tert-OH is 1. The van der Waals surface area contributed by atoms with E-state index in [1.165, 1.54) is 82.3 Å². The molecule has 1 aromatic heterocycles. The van der Waals surface area contributed by atoms with Crippen molar-refractivity contribution in [3.63, 3.8) is 0 Å². The highest BCUT2D eigenvalue weighted by Gasteiger charge is 2.54. The molecule has 15 N–H and O–H groups in total. The molecule has 126 heavy (non-hydrogen) atoms. The lowest BCUT2D eigenvalue weighted by atomic mass is 9.76. The number of carbonyl (C=O) groups is 14. The summed E-state index contributed by atoms with van der Waals surface area (Å²) in [6.07, 6.45) is 8.93. The fraction of sp³-hybridized carbons (Fsp3) is 0.438. The van der Waals surface area contributed by atoms with Gasteiger partial charge in [-0.1, -0.05) is 123 Å². The molecule has 1 fully saturated rings. The molecule has 6 aromatic carbocycles. The number of fused-ring (bicyclic) bond motifs is 7. The molecule has 11 rings (SSSR count). The lowest BCUT2D eigenvalue weighted by molar-refractivity contribution is -0.140. The minimum atomic E-state index is -1.88. The number of primary amides is 1. The van der Waals surface area contributed by atoms with Crippen molar-refractivity contribution in [3.05, 3.63) is 196 Å². The number of nitrogens with two attached hydrogens (primary N) is 1. The van der Waals surface area contributed by atoms with E-state index in [1.807, 2.05) is 36.4 Å². The molecule has 1 spiro atoms. The Kier molecular flexibility index (Phi) is 31.8. The van der Waals surface area contributed by atoms with Gasteiger partial charge in [-0.15, -0.1) is 0 Å². The lowest BCUT2D eigenvalue weighted by Gasteiger charge is -2.36. The number of hydrogen-bond acceptors (Lipinski definition) is 20. The molecule has 2 unspecified atom stereocenters. The number of aromatic nitrogens is 1. The standard InChI is InChI=1S/C96H113N9O21/c1-56(85(97)116)99-86(117)57(2)100-90(121)78(55-106)103-93(124)95(4)44-18-11-9-7-5-6-8-10-17-43-94(3,105-88(119)64(46-58-21-13-12-14-22-58)49-67(108)25-20-28-79(111)61-31-37-72-71(50-61)91(122)126-96(72)73-38-35-68(109)52-82(73)125-83-53-69(110)36-39-74(83)96)92(123)102-76(40-42-84(114)115)89(120)101-77(47-60-29-33-66(107)34-30-60)81(113)51-63(48-65-54-98-75-27-16-15-26-70(65)75)80(112)41-32-62(87(118)104-95)45-59-23-19-24-59/h7,9,12-16,21-22,26-27,29-31,33-39,50,52-54,56-57,59,62-64,76-78,98,106-107,109-110H,5-6,8,10-11,17-20,23-25,28,32,40-49,51,55H2,1-4H3,(H2,97,116)(H,99,117)(H,100,121)(H,101,120)(H,102,123)(H,103,124)(H,104,118)(H,105,119)(H,114,115)/b9-7+/t56?,57-,62-,63+,64+,76-,77-,78?,94+,95-/m0/s1. The summed E-state index contributed by atoms with van der Waals surface area (Å²) in [7, 11) is 0. The number of para-hydroxylation sites is 1. The predicted octanol–water partition coefficient (Wildman–Crippen LogP) is 9.88. The topological polar surface area (TPSA) is 485 Å². The second-order valence-electron chi connectivity index (χ2n) is 34.3. The lowest BCUT2D eigenvalue weighted by Crippen LogP contribution is -2.62. The summed E-state index contributed by atoms with van der Waals surface area (Å²) >= 11 is 0. The Bertz CT molecular complexity index is 5180. The second-order valence-corrected chi connectivity index (χ2v) is 34.3. The summed E-state index contributed by atoms with van der Waals surface area (Å²) in [6, 6.07) is 28.1. The van der Waals surface area contributed by atoms with Gasteiger partial charge >= 0.3 is 11.9 Å². The normalized spacial score (nSPS) is 21.6. The van der Waals surface area contributed by atoms with Gasteiger partial charge in [0.05, 0.1) is 18.2 Å². The molecule has 1 aliphatic carbocycles. The summed E-state index contributed by atoms with van der Waals surface area (Å²) in [5.41, 5.74) is 4.03. The molecule has 7 aromatic rings. The van der Waals surface area contributed by atoms with E-state index in [0.29, 0.717) is 84.7 Å². The van der Waals surface area contributed by atoms with E-state index in [0.717, 1.165) is 30.2 Å². The Labute approximate surface area is 730 Å². The van der Waals surface area contributed by atoms with Gasteiger partial charge in [-0.3, -0.25) is 62.3 Å². The number of benzene rings is 6. The molecule has 0 bridgehead atoms. The van der Waals surface area contributed by atoms with E-state index in [2.05, 4.69) is 42.2 Å². The smallest absolute Gasteiger partial charge is 0.340 e. The molecule has 0 radical (unpaired) electrons. The number of hydrogen-bond donors (Lipinski definition) is 14. The number of aromatic hydroxyl groups is 3. The van der Waals surface area contributed by atoms with Gasteiger partial charge in [-0.2, -0.15) is 0 Å². The second kappa shape index (κ2) is 42.7. The predicted molar refractivity (Wildman–Crippen MR) is 464 cm³/mol. The van der Waals surface area contributed by atoms with E-state index < -0.39 is 173 Å². The number of aliphatic hydroxyl groups is 1. The molecule has 4 heterocycles. The number of carboxylic acids is 1. The van der Waals surface area contributed by atoms with E-state index in [-0.39, 0.29) is 116 Å². The van der Waals surface area contributed by atoms with Crippen LogP contribution in [-0.2, 0) is 87.1 Å². The first-order chi connectivity index (χ1) is 60.2. The number of ketones is 4. The number of phenolic OH excluding ortho intramolecular Hbond substituents is 3. The summed E-state index contributed by atoms with van der Waals surface area (Å²) in [5, 5.41) is 71.8. The van der Waals surface area contributed by atoms with Gasteiger partial charge in [0, 0.05) is 108 Å². The van der Waals surface area contributed by atoms with Crippen molar-refractivity contribution in [1.29, 1.82) is 0 Å². The Hall–Kier alpha value is -12.9. The Balaban J connectivity index is 0.858. The summed E-state index contributed by atoms with van der Waals surface area (Å²) < 4.78 is 12.3. The van der Waals surface area contributed by atoms with Crippen LogP contribution in [0.3, 0.4) is 0 Å². The molecule has 0 saturated heterocycles. The molecule has 3 aliphatic heterocycles. The number of carboxylic acid groups (broad SMARTS) is 1. The van der Waals surface area contributed by atoms with Crippen LogP contribution in [0.25, 0.3) is 10.9 Å². The number of carbonyl (C=O) groups excluding carboxylic acids is 13. The van der Waals surface area contributed by atoms with E-state index in [1.54, 1.807) is 60.8 Å². The summed E-state index contributed by atoms with van der Waals surface area (Å²) in [5.74, 6) is -13.6. The fourth-order valence-electron chi connectivity index (χ4n) is 16.9. The van der Waals surface area contributed by atoms with E-state index in [4.69, 9.17) is 15.2 Å². The molecule has 1 saturated carbocycles. The van der Waals surface area contributed by atoms with Crippen LogP contribution in [0.5, 0.6) is 28.7 Å². The third kappa shape index (κ3) is 24.0. The third-order valence-electron chi connectivity index (χ3n) is 24.6. The quantitative estimate of drug-likeness (QED) is 0.0123. The van der Waals surface area contributed by atoms with Crippen LogP contribution in [0.4, 0.5) is 0 Å². The number of esters is 1. The maximum Gasteiger partial charge on any atom is 0.340 e. The van der Waals surface area contributed by atoms with Crippen molar-refractivity contribution < 1.29 is 102 Å². The highest BCUT2D eigenvalue weighted by Crippen LogP contribution is 2.57. The van der Waals surface area contributed by atoms with Crippen molar-refractivity contribution in [1.82, 2.24) is 42.2 Å². The number of ether oxygens (including phenoxy) is 2. The third-order valence-corrected chi connectivity index (χ3v) is 24.6. The van der Waals surface area contributed by atoms with Gasteiger partial charge in [-0.25, -0.2) is 4.79 Å². The van der Waals surface area contributed by atoms with Gasteiger partial charge < -0.3 is 82.9 Å². The minimum absolute atomic E-state index is 0.00676. The number of rotatable bonds is 28. The largest absolute Gasteiger partial charge is 0.508 e. The number of H-pyrrole nitrogens is 1. The van der Waals surface area contributed by atoms with Gasteiger partial charge in [0.15, 0.2) is 17.2 Å². The van der Waals surface area contributed by atoms with Crippen LogP contribution >= 0.6 is 0 Å². The van der Waals surface area contributed by atoms with E-state index in [9.17, 15) is 63.9 Å². The maximum absolute atomic E-state index is 15.6. The van der Waals surface area contributed by atoms with Crippen molar-refractivity contribution in [3.8, 4) is 28.7 Å². The van der Waals surface area contributed by atoms with Crippen LogP contribution in [0, 0.1) is 23.7 Å². The first kappa shape index (κ1) is 93.8. The van der Waals surface area contributed by atoms with Gasteiger partial charge in [0.1, 0.15) is 75.6 Å². The first-order valence-corrected chi connectivity index (χ1v) is 43.4. The first-order valence-electron chi connectivity index (χ1n) is 43.4. The monoisotopic (exact) mass is 1730 g/mol. The fourth-order valence-corrected chi connectivity index (χ4v) is 16.9. The highest BCUT2D eigenvalue weighted by atomic mass is 16.6. The number of amides is 8. The number of aliphatic carboxylic acids is 1. The number of aromatic amines is 1. The zero-order valence-corrected chi connectivity index (χ0v) is 71.4. The van der Waals surface area contributed by atoms with Gasteiger partial charge in [0.2, 0.25) is 47.3 Å². The average Bonchev–Trinajstić information content (AvgIpc) is 1.48. The SMILES string of the molecule is CC(NC(=O)[C@H](C)NC(=O)C(CO)NC(=O)[C@]1(C)CCC/C=C/CCCCCC[C@@](C)(NC(=O)[C@@H](CC(=O)CCCC(=O)c2ccc3c(c2)C(=O)OC32c3ccc(O)cc3Oc3cc(O)ccc32)Cc2ccccc2)C(=O)N[C@@H](CCC(=O)O)C(=O)N[C@@H](Cc2ccc(O)cc2)C(=O)C[C@@H](Cc2c[nH]c3ccccc23)C(=O)CC[C@@H](CC2CCC2)C(=O)N1)C(N)=O. The Morgan fingerprint density at radius 1 is 0.611 bits per heavy atom. The minimum Gasteiger partial charge on any atom is -0.508 e. The van der Waals surface area contributed by atoms with Crippen LogP contribution in [-0.4, -0.2) is 161 Å². The number of allylic oxidation sites excluding steroid dienone is 2. The number of nitrogens with one attached hydrogen (secondary N) is 8. The zero-order chi connectivity index (χ0) is 90.6. The van der Waals surface area contributed by atoms with Crippen LogP contribution in [0.15, 0.2) is 152 Å². The number of phenols is 3. The summed E-state index contributed by atoms with van der Waals surface area (Å²) in [4.78, 5) is 204. The molecular weight excluding hydrogens is 1620 g/mol. The van der Waals surface area contributed by atoms with Crippen molar-refractivity contribution >= 4 is 93.2 Å². The van der Waals surface area contributed by atoms with Crippen molar-refractivity contribution in [2.24, 2.45) is 29.4 Å².